The van der Waals surface area contributed by atoms with Crippen LogP contribution in [0.1, 0.15) is 0 Å². The van der Waals surface area contributed by atoms with Crippen LogP contribution >= 0.6 is 22.6 Å². The lowest BCUT2D eigenvalue weighted by atomic mass is 10.2. The third-order valence-corrected chi connectivity index (χ3v) is 3.00. The summed E-state index contributed by atoms with van der Waals surface area (Å²) >= 11 is 1.89. The monoisotopic (exact) mass is 329 g/mol. The number of hydrogen-bond acceptors (Lipinski definition) is 4. The van der Waals surface area contributed by atoms with Gasteiger partial charge in [-0.25, -0.2) is 4.79 Å². The molecule has 2 aromatic heterocycles. The Hall–Kier alpha value is -1.37. The lowest BCUT2D eigenvalue weighted by molar-refractivity contribution is 0.399. The van der Waals surface area contributed by atoms with Crippen molar-refractivity contribution in [3.05, 3.63) is 44.6 Å². The Morgan fingerprint density at radius 1 is 1.50 bits per heavy atom. The molecule has 4 nitrogen and oxygen atoms in total. The second kappa shape index (κ2) is 4.65. The van der Waals surface area contributed by atoms with E-state index < -0.39 is 5.63 Å². The van der Waals surface area contributed by atoms with Crippen molar-refractivity contribution in [3.63, 3.8) is 0 Å². The van der Waals surface area contributed by atoms with Crippen molar-refractivity contribution in [2.45, 2.75) is 0 Å². The fraction of sp³-hybridized carbons (Fsp3) is 0.0909. The molecular formula is C11H8INO3. The molecule has 5 heteroatoms. The van der Waals surface area contributed by atoms with Crippen molar-refractivity contribution in [2.75, 3.05) is 7.11 Å². The zero-order valence-electron chi connectivity index (χ0n) is 8.44. The highest BCUT2D eigenvalue weighted by atomic mass is 127. The van der Waals surface area contributed by atoms with Crippen molar-refractivity contribution >= 4 is 22.6 Å². The summed E-state index contributed by atoms with van der Waals surface area (Å²) in [6, 6.07) is 5.28. The Kier molecular flexibility index (Phi) is 3.23. The third kappa shape index (κ3) is 2.08. The Morgan fingerprint density at radius 3 is 2.94 bits per heavy atom. The largest absolute Gasteiger partial charge is 0.495 e. The van der Waals surface area contributed by atoms with E-state index in [1.807, 2.05) is 28.7 Å². The number of halogens is 1. The maximum atomic E-state index is 11.5. The van der Waals surface area contributed by atoms with Gasteiger partial charge in [-0.2, -0.15) is 0 Å². The van der Waals surface area contributed by atoms with Gasteiger partial charge in [-0.1, -0.05) is 0 Å². The molecule has 2 rings (SSSR count). The number of rotatable bonds is 2. The zero-order valence-corrected chi connectivity index (χ0v) is 10.6. The number of aromatic nitrogens is 1. The van der Waals surface area contributed by atoms with Gasteiger partial charge in [0.15, 0.2) is 0 Å². The van der Waals surface area contributed by atoms with Crippen LogP contribution in [0.3, 0.4) is 0 Å². The number of hydrogen-bond donors (Lipinski definition) is 0. The Labute approximate surface area is 105 Å². The Bertz CT molecular complexity index is 551. The summed E-state index contributed by atoms with van der Waals surface area (Å²) in [4.78, 5) is 15.5. The minimum absolute atomic E-state index is 0.404. The van der Waals surface area contributed by atoms with Gasteiger partial charge in [0.2, 0.25) is 0 Å². The van der Waals surface area contributed by atoms with Gasteiger partial charge in [-0.3, -0.25) is 4.98 Å². The van der Waals surface area contributed by atoms with E-state index in [2.05, 4.69) is 4.98 Å². The number of nitrogens with zero attached hydrogens (tertiary/aromatic N) is 1. The average Bonchev–Trinajstić information content (AvgIpc) is 2.33. The predicted octanol–water partition coefficient (Wildman–Crippen LogP) is 2.32. The highest BCUT2D eigenvalue weighted by molar-refractivity contribution is 14.1. The zero-order chi connectivity index (χ0) is 11.5. The first kappa shape index (κ1) is 11.1. The van der Waals surface area contributed by atoms with E-state index in [1.165, 1.54) is 7.11 Å². The first-order chi connectivity index (χ1) is 7.72. The molecule has 82 valence electrons. The van der Waals surface area contributed by atoms with Crippen LogP contribution in [-0.4, -0.2) is 12.1 Å². The molecule has 0 atom stereocenters. The van der Waals surface area contributed by atoms with Crippen LogP contribution in [0.25, 0.3) is 11.3 Å². The number of ether oxygens (including phenoxy) is 1. The molecule has 0 amide bonds. The van der Waals surface area contributed by atoms with Crippen LogP contribution in [0.2, 0.25) is 0 Å². The molecular weight excluding hydrogens is 321 g/mol. The number of pyridine rings is 1. The Morgan fingerprint density at radius 2 is 2.31 bits per heavy atom. The van der Waals surface area contributed by atoms with Crippen molar-refractivity contribution in [1.29, 1.82) is 0 Å². The van der Waals surface area contributed by atoms with Crippen molar-refractivity contribution in [3.8, 4) is 17.1 Å². The smallest absolute Gasteiger partial charge is 0.353 e. The quantitative estimate of drug-likeness (QED) is 0.794. The van der Waals surface area contributed by atoms with E-state index in [4.69, 9.17) is 9.15 Å². The van der Waals surface area contributed by atoms with E-state index in [0.717, 1.165) is 5.56 Å². The standard InChI is InChI=1S/C11H8INO3/c1-15-9-5-8(16-11(14)10(9)12)7-3-2-4-13-6-7/h2-6H,1H3. The summed E-state index contributed by atoms with van der Waals surface area (Å²) in [5.74, 6) is 0.964. The van der Waals surface area contributed by atoms with Crippen molar-refractivity contribution < 1.29 is 9.15 Å². The molecule has 0 aliphatic rings. The average molecular weight is 329 g/mol. The summed E-state index contributed by atoms with van der Waals surface area (Å²) in [6.45, 7) is 0. The molecule has 0 spiro atoms. The normalized spacial score (nSPS) is 10.1. The molecule has 0 unspecified atom stereocenters. The highest BCUT2D eigenvalue weighted by Crippen LogP contribution is 2.24. The lowest BCUT2D eigenvalue weighted by Crippen LogP contribution is -2.06. The van der Waals surface area contributed by atoms with E-state index in [9.17, 15) is 4.79 Å². The SMILES string of the molecule is COc1cc(-c2cccnc2)oc(=O)c1I. The van der Waals surface area contributed by atoms with Gasteiger partial charge in [0.05, 0.1) is 7.11 Å². The number of methoxy groups -OCH3 is 1. The van der Waals surface area contributed by atoms with Gasteiger partial charge in [0, 0.05) is 24.0 Å². The molecule has 0 saturated heterocycles. The summed E-state index contributed by atoms with van der Waals surface area (Å²) in [7, 11) is 1.52. The second-order valence-electron chi connectivity index (χ2n) is 3.02. The molecule has 16 heavy (non-hydrogen) atoms. The Balaban J connectivity index is 2.60. The van der Waals surface area contributed by atoms with Crippen LogP contribution in [0.5, 0.6) is 5.75 Å². The molecule has 0 fully saturated rings. The molecule has 0 aromatic carbocycles. The summed E-state index contributed by atoms with van der Waals surface area (Å²) in [6.07, 6.45) is 3.29. The minimum Gasteiger partial charge on any atom is -0.495 e. The van der Waals surface area contributed by atoms with Crippen LogP contribution in [0.15, 0.2) is 39.8 Å². The highest BCUT2D eigenvalue weighted by Gasteiger charge is 2.10. The van der Waals surface area contributed by atoms with Gasteiger partial charge in [0.25, 0.3) is 0 Å². The van der Waals surface area contributed by atoms with E-state index >= 15 is 0 Å². The summed E-state index contributed by atoms with van der Waals surface area (Å²) < 4.78 is 10.7. The molecule has 2 heterocycles. The third-order valence-electron chi connectivity index (χ3n) is 2.03. The van der Waals surface area contributed by atoms with Gasteiger partial charge in [0.1, 0.15) is 15.1 Å². The first-order valence-electron chi connectivity index (χ1n) is 4.50. The van der Waals surface area contributed by atoms with Gasteiger partial charge in [-0.05, 0) is 34.7 Å². The second-order valence-corrected chi connectivity index (χ2v) is 4.10. The van der Waals surface area contributed by atoms with Gasteiger partial charge >= 0.3 is 5.63 Å². The van der Waals surface area contributed by atoms with Gasteiger partial charge in [-0.15, -0.1) is 0 Å². The molecule has 2 aromatic rings. The first-order valence-corrected chi connectivity index (χ1v) is 5.58. The van der Waals surface area contributed by atoms with E-state index in [1.54, 1.807) is 24.5 Å². The molecule has 0 bridgehead atoms. The van der Waals surface area contributed by atoms with E-state index in [0.29, 0.717) is 15.1 Å². The molecule has 0 aliphatic heterocycles. The van der Waals surface area contributed by atoms with Crippen molar-refractivity contribution in [1.82, 2.24) is 4.98 Å². The summed E-state index contributed by atoms with van der Waals surface area (Å²) in [5, 5.41) is 0. The molecule has 0 N–H and O–H groups in total. The fourth-order valence-corrected chi connectivity index (χ4v) is 1.74. The van der Waals surface area contributed by atoms with Gasteiger partial charge < -0.3 is 9.15 Å². The van der Waals surface area contributed by atoms with Crippen LogP contribution < -0.4 is 10.4 Å². The van der Waals surface area contributed by atoms with E-state index in [-0.39, 0.29) is 0 Å². The molecule has 0 saturated carbocycles. The van der Waals surface area contributed by atoms with Crippen LogP contribution in [0.4, 0.5) is 0 Å². The summed E-state index contributed by atoms with van der Waals surface area (Å²) in [5.41, 5.74) is 0.341. The van der Waals surface area contributed by atoms with Crippen molar-refractivity contribution in [2.24, 2.45) is 0 Å². The fourth-order valence-electron chi connectivity index (χ4n) is 1.26. The maximum absolute atomic E-state index is 11.5. The molecule has 0 aliphatic carbocycles. The minimum atomic E-state index is -0.404. The van der Waals surface area contributed by atoms with Crippen LogP contribution in [-0.2, 0) is 0 Å². The predicted molar refractivity (Wildman–Crippen MR) is 67.5 cm³/mol. The van der Waals surface area contributed by atoms with Crippen LogP contribution in [0, 0.1) is 3.57 Å². The maximum Gasteiger partial charge on any atom is 0.353 e. The lowest BCUT2D eigenvalue weighted by Gasteiger charge is -2.04. The molecule has 0 radical (unpaired) electrons. The topological polar surface area (TPSA) is 52.3 Å².